The number of hydrogen-bond donors (Lipinski definition) is 2. The largest absolute Gasteiger partial charge is 1.00 e. The third kappa shape index (κ3) is 55.3. The van der Waals surface area contributed by atoms with Gasteiger partial charge in [-0.25, -0.2) is 0 Å². The molecule has 5 heteroatoms. The van der Waals surface area contributed by atoms with Crippen molar-refractivity contribution in [3.05, 3.63) is 0 Å². The Morgan fingerprint density at radius 2 is 1.00 bits per heavy atom. The molecule has 0 aromatic rings. The Balaban J connectivity index is -0.00000000167. The molecule has 0 spiro atoms. The average Bonchev–Trinajstić information content (AvgIpc) is 1.00. The minimum atomic E-state index is 0. The van der Waals surface area contributed by atoms with Gasteiger partial charge in [0.2, 0.25) is 0 Å². The molecule has 0 aromatic heterocycles. The molecule has 0 atom stereocenters. The van der Waals surface area contributed by atoms with E-state index in [0.717, 1.165) is 0 Å². The van der Waals surface area contributed by atoms with E-state index in [4.69, 9.17) is 10.5 Å². The van der Waals surface area contributed by atoms with Gasteiger partial charge < -0.3 is 11.0 Å². The van der Waals surface area contributed by atoms with Crippen LogP contribution in [0.2, 0.25) is 0 Å². The van der Waals surface area contributed by atoms with Crippen molar-refractivity contribution >= 4 is 0 Å². The fourth-order valence-corrected chi connectivity index (χ4v) is 0. The molecule has 0 aliphatic rings. The molecule has 0 aromatic carbocycles. The van der Waals surface area contributed by atoms with E-state index < -0.39 is 0 Å². The normalized spacial score (nSPS) is 1.20. The zero-order chi connectivity index (χ0) is 2.00. The Morgan fingerprint density at radius 1 is 1.00 bits per heavy atom. The standard InChI is InChI=1S/Na.H2O2.2H2O/c;1-2;;/h;1-2H;2*1H2/q+1;;;/p-1. The van der Waals surface area contributed by atoms with Gasteiger partial charge in [-0.15, -0.1) is 0 Å². The maximum absolute atomic E-state index is 6.00. The first kappa shape index (κ1) is 40.4. The summed E-state index contributed by atoms with van der Waals surface area (Å²) in [5.74, 6) is 0. The van der Waals surface area contributed by atoms with Crippen LogP contribution in [0.1, 0.15) is 0 Å². The molecule has 0 saturated carbocycles. The maximum atomic E-state index is 6.00. The molecule has 4 nitrogen and oxygen atoms in total. The van der Waals surface area contributed by atoms with E-state index in [2.05, 4.69) is 0 Å². The predicted molar refractivity (Wildman–Crippen MR) is 10.8 cm³/mol. The molecule has 0 amide bonds. The van der Waals surface area contributed by atoms with E-state index in [0.29, 0.717) is 0 Å². The van der Waals surface area contributed by atoms with Crippen molar-refractivity contribution in [1.29, 1.82) is 0 Å². The van der Waals surface area contributed by atoms with E-state index in [1.165, 1.54) is 0 Å². The van der Waals surface area contributed by atoms with Crippen LogP contribution < -0.4 is 29.6 Å². The van der Waals surface area contributed by atoms with Crippen LogP contribution in [0.4, 0.5) is 0 Å². The summed E-state index contributed by atoms with van der Waals surface area (Å²) in [7, 11) is 0. The summed E-state index contributed by atoms with van der Waals surface area (Å²) < 4.78 is 0. The molecule has 5 heavy (non-hydrogen) atoms. The molecular weight excluding hydrogens is 87.0 g/mol. The summed E-state index contributed by atoms with van der Waals surface area (Å²) in [5, 5.41) is 12.0. The van der Waals surface area contributed by atoms with Gasteiger partial charge >= 0.3 is 29.6 Å². The smallest absolute Gasteiger partial charge is 0.870 e. The van der Waals surface area contributed by atoms with Gasteiger partial charge in [-0.1, -0.05) is 0 Å². The van der Waals surface area contributed by atoms with Gasteiger partial charge in [0.25, 0.3) is 0 Å². The van der Waals surface area contributed by atoms with Gasteiger partial charge in [0.05, 0.1) is 0 Å². The molecule has 0 fully saturated rings. The monoisotopic (exact) mass is 92.0 g/mol. The van der Waals surface area contributed by atoms with Crippen LogP contribution in [-0.4, -0.2) is 21.5 Å². The van der Waals surface area contributed by atoms with E-state index in [1.807, 2.05) is 0 Å². The Labute approximate surface area is 51.3 Å². The third-order valence-electron chi connectivity index (χ3n) is 0. The molecule has 0 heterocycles. The minimum absolute atomic E-state index is 0. The summed E-state index contributed by atoms with van der Waals surface area (Å²) in [4.78, 5) is 0. The van der Waals surface area contributed by atoms with Crippen molar-refractivity contribution in [2.24, 2.45) is 0 Å². The molecule has 30 valence electrons. The zero-order valence-electron chi connectivity index (χ0n) is 2.84. The van der Waals surface area contributed by atoms with E-state index in [-0.39, 0.29) is 40.5 Å². The zero-order valence-corrected chi connectivity index (χ0v) is 4.84. The number of hydrogen-bond acceptors (Lipinski definition) is 3. The topological polar surface area (TPSA) is 102 Å². The second-order valence-electron chi connectivity index (χ2n) is 0. The van der Waals surface area contributed by atoms with Crippen LogP contribution in [0.3, 0.4) is 0 Å². The molecule has 0 unspecified atom stereocenters. The second-order valence-corrected chi connectivity index (χ2v) is 0. The van der Waals surface area contributed by atoms with Crippen molar-refractivity contribution in [3.8, 4) is 0 Å². The maximum Gasteiger partial charge on any atom is 1.00 e. The summed E-state index contributed by atoms with van der Waals surface area (Å²) in [6.07, 6.45) is 0. The van der Waals surface area contributed by atoms with Crippen molar-refractivity contribution in [2.75, 3.05) is 0 Å². The van der Waals surface area contributed by atoms with E-state index >= 15 is 0 Å². The quantitative estimate of drug-likeness (QED) is 0.181. The second kappa shape index (κ2) is 101. The summed E-state index contributed by atoms with van der Waals surface area (Å²) in [6, 6.07) is 0. The van der Waals surface area contributed by atoms with Crippen molar-refractivity contribution in [1.82, 2.24) is 0 Å². The summed E-state index contributed by atoms with van der Waals surface area (Å²) in [5.41, 5.74) is 0. The first-order chi connectivity index (χ1) is 1.00. The summed E-state index contributed by atoms with van der Waals surface area (Å²) in [6.45, 7) is 0. The van der Waals surface area contributed by atoms with Crippen molar-refractivity contribution < 1.29 is 51.0 Å². The molecular formula is H5NaO4. The molecule has 0 aliphatic carbocycles. The van der Waals surface area contributed by atoms with Gasteiger partial charge in [-0.2, -0.15) is 0 Å². The molecule has 0 rings (SSSR count). The average molecular weight is 92.0 g/mol. The fourth-order valence-electron chi connectivity index (χ4n) is 0. The first-order valence-corrected chi connectivity index (χ1v) is 0.200. The van der Waals surface area contributed by atoms with Gasteiger partial charge in [0.1, 0.15) is 0 Å². The Hall–Kier alpha value is 0.840. The van der Waals surface area contributed by atoms with Crippen molar-refractivity contribution in [2.45, 2.75) is 0 Å². The number of rotatable bonds is 0. The van der Waals surface area contributed by atoms with Crippen molar-refractivity contribution in [3.63, 3.8) is 0 Å². The minimum Gasteiger partial charge on any atom is -0.870 e. The van der Waals surface area contributed by atoms with E-state index in [1.54, 1.807) is 0 Å². The summed E-state index contributed by atoms with van der Waals surface area (Å²) >= 11 is 0. The van der Waals surface area contributed by atoms with Crippen LogP contribution in [0.15, 0.2) is 0 Å². The SMILES string of the molecule is O.OO.[Na+].[OH-]. The Kier molecular flexibility index (Phi) is 817. The van der Waals surface area contributed by atoms with Crippen LogP contribution >= 0.6 is 0 Å². The molecule has 0 radical (unpaired) electrons. The molecule has 5 N–H and O–H groups in total. The third-order valence-corrected chi connectivity index (χ3v) is 0. The fraction of sp³-hybridized carbons (Fsp3) is 0. The molecule has 0 saturated heterocycles. The van der Waals surface area contributed by atoms with Gasteiger partial charge in [-0.3, -0.25) is 10.5 Å². The molecule has 0 aliphatic heterocycles. The Morgan fingerprint density at radius 3 is 1.00 bits per heavy atom. The predicted octanol–water partition coefficient (Wildman–Crippen LogP) is -3.98. The molecule has 0 bridgehead atoms. The van der Waals surface area contributed by atoms with E-state index in [9.17, 15) is 0 Å². The van der Waals surface area contributed by atoms with Gasteiger partial charge in [-0.05, 0) is 0 Å². The first-order valence-electron chi connectivity index (χ1n) is 0.200. The van der Waals surface area contributed by atoms with Gasteiger partial charge in [0, 0.05) is 0 Å². The van der Waals surface area contributed by atoms with Gasteiger partial charge in [0.15, 0.2) is 0 Å². The Bertz CT molecular complexity index is 3.61. The van der Waals surface area contributed by atoms with Crippen LogP contribution in [0.25, 0.3) is 0 Å². The van der Waals surface area contributed by atoms with Crippen LogP contribution in [0.5, 0.6) is 0 Å². The van der Waals surface area contributed by atoms with Crippen LogP contribution in [-0.2, 0) is 0 Å². The van der Waals surface area contributed by atoms with Crippen LogP contribution in [0, 0.1) is 0 Å².